The zero-order valence-corrected chi connectivity index (χ0v) is 67.8. The van der Waals surface area contributed by atoms with Gasteiger partial charge in [0.2, 0.25) is 59.1 Å². The second-order valence-electron chi connectivity index (χ2n) is 31.8. The number of carbonyl (C=O) groups is 10. The Hall–Kier alpha value is -10.5. The number of cyclic esters (lactones) is 1. The number of nitrogens with zero attached hydrogens (tertiary/aromatic N) is 1. The molecular formula is C82H113N13O16S. The second kappa shape index (κ2) is 38.2. The number of hydrogen-bond donors (Lipinski definition) is 12. The molecule has 29 nitrogen and oxygen atoms in total. The molecule has 10 atom stereocenters. The average Bonchev–Trinajstić information content (AvgIpc) is 1.43. The smallest absolute Gasteiger partial charge is 0.328 e. The number of nitrogens with one attached hydrogen (secondary N) is 9. The highest BCUT2D eigenvalue weighted by molar-refractivity contribution is 7.90. The van der Waals surface area contributed by atoms with E-state index in [1.807, 2.05) is 126 Å². The Morgan fingerprint density at radius 2 is 1.16 bits per heavy atom. The van der Waals surface area contributed by atoms with Crippen LogP contribution in [0, 0.1) is 26.7 Å². The molecule has 112 heavy (non-hydrogen) atoms. The molecule has 0 aliphatic carbocycles. The molecule has 0 aromatic heterocycles. The van der Waals surface area contributed by atoms with Gasteiger partial charge in [-0.25, -0.2) is 17.9 Å². The van der Waals surface area contributed by atoms with Gasteiger partial charge in [-0.15, -0.1) is 0 Å². The zero-order valence-electron chi connectivity index (χ0n) is 67.0. The number of fused-ring (bicyclic) bond motifs is 1. The number of sulfonamides is 1. The minimum Gasteiger partial charge on any atom is -0.488 e. The Bertz CT molecular complexity index is 4240. The predicted molar refractivity (Wildman–Crippen MR) is 423 cm³/mol. The fourth-order valence-electron chi connectivity index (χ4n) is 13.6. The number of benzene rings is 5. The number of rotatable bonds is 25. The molecular weight excluding hydrogens is 1460 g/mol. The highest BCUT2D eigenvalue weighted by Gasteiger charge is 2.43. The quantitative estimate of drug-likeness (QED) is 0.0117. The van der Waals surface area contributed by atoms with E-state index in [2.05, 4.69) is 52.2 Å². The first kappa shape index (κ1) is 88.8. The maximum Gasteiger partial charge on any atom is 0.328 e. The van der Waals surface area contributed by atoms with Gasteiger partial charge in [0.1, 0.15) is 76.6 Å². The van der Waals surface area contributed by atoms with Crippen molar-refractivity contribution in [3.63, 3.8) is 0 Å². The van der Waals surface area contributed by atoms with E-state index in [-0.39, 0.29) is 55.9 Å². The van der Waals surface area contributed by atoms with Crippen molar-refractivity contribution < 1.29 is 75.3 Å². The van der Waals surface area contributed by atoms with Gasteiger partial charge in [0.15, 0.2) is 0 Å². The summed E-state index contributed by atoms with van der Waals surface area (Å²) in [6.07, 6.45) is -4.77. The minimum absolute atomic E-state index is 0.00306. The summed E-state index contributed by atoms with van der Waals surface area (Å²) in [5.41, 5.74) is 19.3. The lowest BCUT2D eigenvalue weighted by atomic mass is 9.77. The van der Waals surface area contributed by atoms with E-state index in [1.54, 1.807) is 79.7 Å². The Kier molecular flexibility index (Phi) is 30.3. The van der Waals surface area contributed by atoms with Gasteiger partial charge >= 0.3 is 5.97 Å². The Labute approximate surface area is 656 Å². The fourth-order valence-corrected chi connectivity index (χ4v) is 15.1. The van der Waals surface area contributed by atoms with Gasteiger partial charge in [-0.2, -0.15) is 0 Å². The zero-order chi connectivity index (χ0) is 83.0. The van der Waals surface area contributed by atoms with E-state index in [0.29, 0.717) is 56.9 Å². The molecule has 608 valence electrons. The summed E-state index contributed by atoms with van der Waals surface area (Å²) in [5, 5.41) is 22.1. The maximum absolute atomic E-state index is 15.5. The van der Waals surface area contributed by atoms with Crippen molar-refractivity contribution in [3.05, 3.63) is 160 Å². The number of primary amides is 1. The van der Waals surface area contributed by atoms with Gasteiger partial charge in [0.25, 0.3) is 10.0 Å². The lowest BCUT2D eigenvalue weighted by molar-refractivity contribution is -0.156. The third kappa shape index (κ3) is 24.5. The molecule has 15 N–H and O–H groups in total. The van der Waals surface area contributed by atoms with Crippen LogP contribution in [-0.2, 0) is 85.8 Å². The van der Waals surface area contributed by atoms with Crippen molar-refractivity contribution in [2.45, 2.75) is 256 Å². The van der Waals surface area contributed by atoms with Gasteiger partial charge in [-0.3, -0.25) is 48.1 Å². The van der Waals surface area contributed by atoms with Gasteiger partial charge < -0.3 is 78.7 Å². The first-order chi connectivity index (χ1) is 52.4. The number of hydrogen-bond acceptors (Lipinski definition) is 18. The highest BCUT2D eigenvalue weighted by atomic mass is 32.2. The Morgan fingerprint density at radius 3 is 1.70 bits per heavy atom. The molecule has 9 amide bonds. The van der Waals surface area contributed by atoms with Crippen molar-refractivity contribution in [2.24, 2.45) is 28.1 Å². The second-order valence-corrected chi connectivity index (χ2v) is 33.4. The van der Waals surface area contributed by atoms with Crippen molar-refractivity contribution in [2.75, 3.05) is 6.54 Å². The molecule has 0 spiro atoms. The topological polar surface area (TPSA) is 440 Å². The molecule has 5 aromatic carbocycles. The summed E-state index contributed by atoms with van der Waals surface area (Å²) in [5.74, 6) is -9.40. The standard InChI is InChI=1S/C82H113N13O16S/c1-46(2)43-62-74(102)88-61(39-41-65(97)94-82(54-27-20-17-21-28-54,55-29-22-18-23-30-55)56-31-24-19-25-32-56)72(100)91-63(44-53-34-36-57(37-35-53)110-80(12,13)14)73(101)87-50(6)77(105)108-51(7)66(92-70(98)59(83)38-40-64(84)96)76(104)93-67(52(8)109-79(9,10)11)75(103)89-60(71(99)90-62)33-26-42-86-78(85)95-112(106,107)69-48(4)47(3)68-58(49(69)5)45-81(15,16)111-68/h17-25,27-32,34-37,46,50-52,59-63,66-67H,26,33,38-45,83H2,1-16H3,(H2,84,96)(H,87,101)(H,88,102)(H,89,103)(H,90,99)(H,91,100)(H,92,98)(H,93,104)(H,94,97)(H3,85,86,95)/t50-,51+,52+,59-,60-,61-,62-,63-,66-,67-/m0/s1. The molecule has 2 aliphatic rings. The molecule has 1 fully saturated rings. The maximum atomic E-state index is 15.5. The van der Waals surface area contributed by atoms with Crippen LogP contribution in [0.1, 0.15) is 179 Å². The molecule has 0 unspecified atom stereocenters. The third-order valence-electron chi connectivity index (χ3n) is 19.1. The van der Waals surface area contributed by atoms with Crippen LogP contribution in [0.5, 0.6) is 11.5 Å². The lowest BCUT2D eigenvalue weighted by Crippen LogP contribution is -2.64. The van der Waals surface area contributed by atoms with Gasteiger partial charge in [-0.1, -0.05) is 117 Å². The summed E-state index contributed by atoms with van der Waals surface area (Å²) in [6.45, 7) is 26.8. The van der Waals surface area contributed by atoms with E-state index in [9.17, 15) is 22.8 Å². The predicted octanol–water partition coefficient (Wildman–Crippen LogP) is 5.21. The summed E-state index contributed by atoms with van der Waals surface area (Å²) in [4.78, 5) is 151. The van der Waals surface area contributed by atoms with Crippen LogP contribution < -0.4 is 73.9 Å². The molecule has 0 radical (unpaired) electrons. The van der Waals surface area contributed by atoms with Crippen molar-refractivity contribution in [1.82, 2.24) is 47.3 Å². The SMILES string of the molecule is Cc1c(C)c(S(=O)(=O)NC(N)=NCCC[C@@H]2NC(=O)[C@H]([C@@H](C)OC(C)(C)C)NC(=O)[C@@H](NC(=O)[C@@H](N)CCC(N)=O)[C@@H](C)OC(=O)[C@H](C)NC(=O)[C@H](Cc3ccc(OC(C)(C)C)cc3)NC(=O)[C@H](CCC(=O)NC(c3ccccc3)(c3ccccc3)c3ccccc3)NC(=O)[C@H](CC(C)C)NC2=O)c(C)c2c1OC(C)(C)C2. The summed E-state index contributed by atoms with van der Waals surface area (Å²) in [6, 6.07) is 21.3. The molecule has 30 heteroatoms. The van der Waals surface area contributed by atoms with Crippen LogP contribution in [-0.4, -0.2) is 157 Å². The van der Waals surface area contributed by atoms with Crippen LogP contribution >= 0.6 is 0 Å². The minimum atomic E-state index is -4.39. The van der Waals surface area contributed by atoms with Crippen molar-refractivity contribution in [1.29, 1.82) is 0 Å². The summed E-state index contributed by atoms with van der Waals surface area (Å²) >= 11 is 0. The number of esters is 1. The number of guanidine groups is 1. The number of aliphatic imine (C=N–C) groups is 1. The average molecular weight is 1570 g/mol. The van der Waals surface area contributed by atoms with Gasteiger partial charge in [0.05, 0.1) is 22.6 Å². The fraction of sp³-hybridized carbons (Fsp3) is 0.500. The van der Waals surface area contributed by atoms with Crippen LogP contribution in [0.15, 0.2) is 125 Å². The highest BCUT2D eigenvalue weighted by Crippen LogP contribution is 2.44. The number of ether oxygens (including phenoxy) is 4. The first-order valence-corrected chi connectivity index (χ1v) is 39.3. The number of amides is 9. The molecule has 7 rings (SSSR count). The molecule has 2 heterocycles. The monoisotopic (exact) mass is 1570 g/mol. The molecule has 0 saturated carbocycles. The van der Waals surface area contributed by atoms with E-state index in [0.717, 1.165) is 5.56 Å². The Balaban J connectivity index is 1.33. The lowest BCUT2D eigenvalue weighted by Gasteiger charge is -2.37. The van der Waals surface area contributed by atoms with Crippen LogP contribution in [0.25, 0.3) is 0 Å². The van der Waals surface area contributed by atoms with Crippen molar-refractivity contribution in [3.8, 4) is 11.5 Å². The summed E-state index contributed by atoms with van der Waals surface area (Å²) in [7, 11) is -4.39. The van der Waals surface area contributed by atoms with E-state index >= 15 is 33.6 Å². The normalized spacial score (nSPS) is 21.2. The first-order valence-electron chi connectivity index (χ1n) is 37.8. The van der Waals surface area contributed by atoms with Crippen molar-refractivity contribution >= 4 is 75.1 Å². The Morgan fingerprint density at radius 1 is 0.643 bits per heavy atom. The van der Waals surface area contributed by atoms with Gasteiger partial charge in [-0.05, 0) is 186 Å². The van der Waals surface area contributed by atoms with E-state index in [1.165, 1.54) is 20.8 Å². The number of nitrogens with two attached hydrogens (primary N) is 3. The van der Waals surface area contributed by atoms with Crippen LogP contribution in [0.3, 0.4) is 0 Å². The molecule has 2 aliphatic heterocycles. The third-order valence-corrected chi connectivity index (χ3v) is 20.7. The molecule has 5 aromatic rings. The molecule has 1 saturated heterocycles. The van der Waals surface area contributed by atoms with Gasteiger partial charge in [0, 0.05) is 37.8 Å². The number of carbonyl (C=O) groups excluding carboxylic acids is 10. The van der Waals surface area contributed by atoms with Crippen LogP contribution in [0.4, 0.5) is 0 Å². The molecule has 0 bridgehead atoms. The largest absolute Gasteiger partial charge is 0.488 e. The summed E-state index contributed by atoms with van der Waals surface area (Å²) < 4.78 is 55.4. The van der Waals surface area contributed by atoms with E-state index in [4.69, 9.17) is 36.1 Å². The van der Waals surface area contributed by atoms with E-state index < -0.39 is 171 Å². The van der Waals surface area contributed by atoms with Crippen LogP contribution in [0.2, 0.25) is 0 Å².